The van der Waals surface area contributed by atoms with Crippen LogP contribution >= 0.6 is 0 Å². The molecular weight excluding hydrogens is 437 g/mol. The molecule has 2 saturated heterocycles. The number of halogens is 1. The summed E-state index contributed by atoms with van der Waals surface area (Å²) in [5, 5.41) is 16.7. The van der Waals surface area contributed by atoms with Gasteiger partial charge in [-0.1, -0.05) is 5.16 Å². The predicted octanol–water partition coefficient (Wildman–Crippen LogP) is 0.438. The zero-order valence-corrected chi connectivity index (χ0v) is 17.5. The highest BCUT2D eigenvalue weighted by atomic mass is 19.1. The van der Waals surface area contributed by atoms with Crippen LogP contribution in [0, 0.1) is 11.2 Å². The van der Waals surface area contributed by atoms with Gasteiger partial charge in [0.15, 0.2) is 11.2 Å². The second-order valence-electron chi connectivity index (χ2n) is 8.53. The monoisotopic (exact) mass is 455 g/mol. The first-order valence-electron chi connectivity index (χ1n) is 10.4. The Balaban J connectivity index is 1.61. The summed E-state index contributed by atoms with van der Waals surface area (Å²) < 4.78 is 27.2. The van der Waals surface area contributed by atoms with Gasteiger partial charge >= 0.3 is 6.03 Å². The minimum atomic E-state index is -1.71. The molecule has 2 N–H and O–H groups in total. The highest BCUT2D eigenvalue weighted by Gasteiger charge is 2.63. The summed E-state index contributed by atoms with van der Waals surface area (Å²) in [6.07, 6.45) is 1.82. The van der Waals surface area contributed by atoms with E-state index in [0.717, 1.165) is 0 Å². The van der Waals surface area contributed by atoms with Crippen molar-refractivity contribution in [2.75, 3.05) is 11.4 Å². The summed E-state index contributed by atoms with van der Waals surface area (Å²) >= 11 is 0. The lowest BCUT2D eigenvalue weighted by Crippen LogP contribution is -2.75. The van der Waals surface area contributed by atoms with Gasteiger partial charge in [-0.3, -0.25) is 20.2 Å². The number of ether oxygens (including phenoxy) is 1. The van der Waals surface area contributed by atoms with E-state index in [1.54, 1.807) is 17.9 Å². The molecule has 1 aromatic carbocycles. The lowest BCUT2D eigenvalue weighted by atomic mass is 9.66. The molecule has 4 amide bonds. The minimum absolute atomic E-state index is 0.0877. The first kappa shape index (κ1) is 19.8. The highest BCUT2D eigenvalue weighted by Crippen LogP contribution is 2.49. The van der Waals surface area contributed by atoms with Crippen LogP contribution in [0.2, 0.25) is 0 Å². The Morgan fingerprint density at radius 2 is 1.85 bits per heavy atom. The number of fused-ring (bicyclic) bond motifs is 5. The van der Waals surface area contributed by atoms with E-state index in [-0.39, 0.29) is 41.5 Å². The predicted molar refractivity (Wildman–Crippen MR) is 108 cm³/mol. The summed E-state index contributed by atoms with van der Waals surface area (Å²) in [4.78, 5) is 41.1. The molecule has 170 valence electrons. The summed E-state index contributed by atoms with van der Waals surface area (Å²) in [6.45, 7) is 3.77. The number of anilines is 1. The maximum atomic E-state index is 15.9. The van der Waals surface area contributed by atoms with E-state index in [4.69, 9.17) is 9.26 Å². The highest BCUT2D eigenvalue weighted by molar-refractivity contribution is 6.20. The van der Waals surface area contributed by atoms with Gasteiger partial charge in [0.2, 0.25) is 23.2 Å². The first-order valence-corrected chi connectivity index (χ1v) is 10.4. The molecule has 0 saturated carbocycles. The molecule has 2 aromatic heterocycles. The van der Waals surface area contributed by atoms with E-state index in [1.165, 1.54) is 17.2 Å². The largest absolute Gasteiger partial charge is 0.372 e. The Morgan fingerprint density at radius 3 is 2.55 bits per heavy atom. The number of benzene rings is 1. The Hall–Kier alpha value is -3.87. The average molecular weight is 455 g/mol. The van der Waals surface area contributed by atoms with E-state index in [1.807, 2.05) is 6.92 Å². The lowest BCUT2D eigenvalue weighted by Gasteiger charge is -2.55. The molecule has 12 nitrogen and oxygen atoms in total. The molecule has 3 aromatic rings. The second kappa shape index (κ2) is 6.57. The SMILES string of the molecule is C[C@H]1CN2c3c(cc4c(-n5nccn5)noc4c3F)CC3(C(=O)NC(=O)NC3=O)[C@@H]2[C@@H](C)O1. The molecule has 6 rings (SSSR count). The number of urea groups is 1. The van der Waals surface area contributed by atoms with Crippen molar-refractivity contribution in [3.63, 3.8) is 0 Å². The minimum Gasteiger partial charge on any atom is -0.372 e. The van der Waals surface area contributed by atoms with Crippen molar-refractivity contribution in [3.8, 4) is 5.82 Å². The van der Waals surface area contributed by atoms with Gasteiger partial charge in [0.25, 0.3) is 0 Å². The molecular formula is C20H18FN7O5. The average Bonchev–Trinajstić information content (AvgIpc) is 3.41. The van der Waals surface area contributed by atoms with Gasteiger partial charge in [-0.15, -0.1) is 4.80 Å². The van der Waals surface area contributed by atoms with Crippen LogP contribution in [0.1, 0.15) is 19.4 Å². The molecule has 33 heavy (non-hydrogen) atoms. The fourth-order valence-electron chi connectivity index (χ4n) is 5.41. The number of carbonyl (C=O) groups is 3. The molecule has 13 heteroatoms. The number of imide groups is 2. The number of hydrogen-bond donors (Lipinski definition) is 2. The third-order valence-electron chi connectivity index (χ3n) is 6.55. The summed E-state index contributed by atoms with van der Waals surface area (Å²) in [5.74, 6) is -1.99. The standard InChI is InChI=1S/C20H18FN7O5/c1-8-7-27-13-10(5-11-14(12(13)21)33-26-16(11)28-22-3-4-23-28)6-20(15(27)9(2)32-8)17(29)24-19(31)25-18(20)30/h3-5,8-9,15H,6-7H2,1-2H3,(H2,24,25,29,30,31)/t8-,9+,15-/m0/s1. The van der Waals surface area contributed by atoms with Gasteiger partial charge in [0.1, 0.15) is 0 Å². The van der Waals surface area contributed by atoms with Gasteiger partial charge in [-0.2, -0.15) is 10.2 Å². The molecule has 3 aliphatic rings. The molecule has 0 unspecified atom stereocenters. The second-order valence-corrected chi connectivity index (χ2v) is 8.53. The number of aromatic nitrogens is 4. The number of carbonyl (C=O) groups excluding carboxylic acids is 3. The maximum Gasteiger partial charge on any atom is 0.328 e. The number of nitrogens with one attached hydrogen (secondary N) is 2. The van der Waals surface area contributed by atoms with E-state index in [9.17, 15) is 14.4 Å². The molecule has 0 radical (unpaired) electrons. The molecule has 0 bridgehead atoms. The van der Waals surface area contributed by atoms with Gasteiger partial charge in [0.05, 0.1) is 41.7 Å². The maximum absolute atomic E-state index is 15.9. The fraction of sp³-hybridized carbons (Fsp3) is 0.400. The number of morpholine rings is 1. The number of barbiturate groups is 1. The fourth-order valence-corrected chi connectivity index (χ4v) is 5.41. The lowest BCUT2D eigenvalue weighted by molar-refractivity contribution is -0.153. The van der Waals surface area contributed by atoms with Gasteiger partial charge < -0.3 is 14.2 Å². The van der Waals surface area contributed by atoms with Crippen molar-refractivity contribution in [1.82, 2.24) is 30.8 Å². The molecule has 3 atom stereocenters. The van der Waals surface area contributed by atoms with Crippen LogP contribution in [0.25, 0.3) is 16.8 Å². The Kier molecular flexibility index (Phi) is 3.94. The number of hydrogen-bond acceptors (Lipinski definition) is 9. The topological polar surface area (TPSA) is 144 Å². The number of rotatable bonds is 1. The zero-order valence-electron chi connectivity index (χ0n) is 17.5. The van der Waals surface area contributed by atoms with E-state index >= 15 is 4.39 Å². The van der Waals surface area contributed by atoms with Crippen LogP contribution in [-0.4, -0.2) is 62.8 Å². The van der Waals surface area contributed by atoms with Crippen molar-refractivity contribution in [3.05, 3.63) is 29.8 Å². The van der Waals surface area contributed by atoms with E-state index in [2.05, 4.69) is 26.0 Å². The molecule has 2 fully saturated rings. The zero-order chi connectivity index (χ0) is 23.1. The van der Waals surface area contributed by atoms with Crippen molar-refractivity contribution in [1.29, 1.82) is 0 Å². The van der Waals surface area contributed by atoms with Crippen LogP contribution in [-0.2, 0) is 20.7 Å². The van der Waals surface area contributed by atoms with Gasteiger partial charge in [-0.25, -0.2) is 9.18 Å². The van der Waals surface area contributed by atoms with E-state index < -0.39 is 41.2 Å². The van der Waals surface area contributed by atoms with Crippen molar-refractivity contribution < 1.29 is 28.0 Å². The summed E-state index contributed by atoms with van der Waals surface area (Å²) in [7, 11) is 0. The first-order chi connectivity index (χ1) is 15.8. The van der Waals surface area contributed by atoms with Gasteiger partial charge in [-0.05, 0) is 25.5 Å². The summed E-state index contributed by atoms with van der Waals surface area (Å²) in [5.41, 5.74) is -1.18. The summed E-state index contributed by atoms with van der Waals surface area (Å²) in [6, 6.07) is -0.113. The van der Waals surface area contributed by atoms with Crippen LogP contribution < -0.4 is 15.5 Å². The van der Waals surface area contributed by atoms with Crippen LogP contribution in [0.3, 0.4) is 0 Å². The third kappa shape index (κ3) is 2.53. The molecule has 1 spiro atoms. The molecule has 0 aliphatic carbocycles. The van der Waals surface area contributed by atoms with Gasteiger partial charge in [0, 0.05) is 13.0 Å². The van der Waals surface area contributed by atoms with Crippen molar-refractivity contribution in [2.45, 2.75) is 38.5 Å². The van der Waals surface area contributed by atoms with Crippen molar-refractivity contribution in [2.24, 2.45) is 5.41 Å². The Bertz CT molecular complexity index is 1320. The van der Waals surface area contributed by atoms with Crippen molar-refractivity contribution >= 4 is 34.5 Å². The van der Waals surface area contributed by atoms with Crippen LogP contribution in [0.4, 0.5) is 14.9 Å². The molecule has 3 aliphatic heterocycles. The van der Waals surface area contributed by atoms with Crippen LogP contribution in [0.5, 0.6) is 0 Å². The third-order valence-corrected chi connectivity index (χ3v) is 6.55. The smallest absolute Gasteiger partial charge is 0.328 e. The van der Waals surface area contributed by atoms with E-state index in [0.29, 0.717) is 5.56 Å². The van der Waals surface area contributed by atoms with Crippen LogP contribution in [0.15, 0.2) is 23.0 Å². The number of amides is 4. The Morgan fingerprint density at radius 1 is 1.15 bits per heavy atom. The number of nitrogens with zero attached hydrogens (tertiary/aromatic N) is 5. The Labute approximate surface area is 185 Å². The molecule has 5 heterocycles. The normalized spacial score (nSPS) is 26.2. The quantitative estimate of drug-likeness (QED) is 0.499.